The fourth-order valence-electron chi connectivity index (χ4n) is 5.42. The zero-order chi connectivity index (χ0) is 18.7. The molecule has 2 aliphatic heterocycles. The molecule has 26 heavy (non-hydrogen) atoms. The summed E-state index contributed by atoms with van der Waals surface area (Å²) >= 11 is 0. The maximum absolute atomic E-state index is 12.4. The van der Waals surface area contributed by atoms with Crippen LogP contribution >= 0.6 is 0 Å². The van der Waals surface area contributed by atoms with Crippen molar-refractivity contribution < 1.29 is 4.79 Å². The largest absolute Gasteiger partial charge is 0.338 e. The number of rotatable bonds is 5. The minimum absolute atomic E-state index is 0.335. The van der Waals surface area contributed by atoms with Crippen LogP contribution in [-0.4, -0.2) is 72.0 Å². The van der Waals surface area contributed by atoms with E-state index in [0.717, 1.165) is 30.8 Å². The van der Waals surface area contributed by atoms with Crippen molar-refractivity contribution in [1.29, 1.82) is 0 Å². The van der Waals surface area contributed by atoms with Gasteiger partial charge >= 0.3 is 0 Å². The van der Waals surface area contributed by atoms with Gasteiger partial charge in [-0.1, -0.05) is 13.8 Å². The van der Waals surface area contributed by atoms with E-state index in [-0.39, 0.29) is 0 Å². The molecule has 0 aromatic heterocycles. The predicted octanol–water partition coefficient (Wildman–Crippen LogP) is 3.47. The molecule has 0 spiro atoms. The number of carbonyl (C=O) groups is 1. The van der Waals surface area contributed by atoms with Crippen LogP contribution in [0.25, 0.3) is 0 Å². The van der Waals surface area contributed by atoms with Gasteiger partial charge in [-0.25, -0.2) is 0 Å². The molecule has 0 aromatic carbocycles. The van der Waals surface area contributed by atoms with Gasteiger partial charge < -0.3 is 9.80 Å². The summed E-state index contributed by atoms with van der Waals surface area (Å²) in [5.41, 5.74) is 0. The van der Waals surface area contributed by atoms with Gasteiger partial charge in [-0.3, -0.25) is 9.69 Å². The minimum Gasteiger partial charge on any atom is -0.338 e. The monoisotopic (exact) mass is 363 g/mol. The Morgan fingerprint density at radius 1 is 0.885 bits per heavy atom. The molecule has 150 valence electrons. The summed E-state index contributed by atoms with van der Waals surface area (Å²) in [6.07, 6.45) is 8.09. The molecule has 3 fully saturated rings. The van der Waals surface area contributed by atoms with E-state index in [1.54, 1.807) is 0 Å². The first-order chi connectivity index (χ1) is 12.4. The molecule has 2 heterocycles. The standard InChI is InChI=1S/C22H41N3O/c1-17(2)20-9-11-23(12-10-20)15-19-5-7-21(8-6-19)24-13-14-25(18(3)4)22(26)16-24/h17-21H,5-16H2,1-4H3. The normalized spacial score (nSPS) is 30.5. The lowest BCUT2D eigenvalue weighted by atomic mass is 9.83. The summed E-state index contributed by atoms with van der Waals surface area (Å²) < 4.78 is 0. The highest BCUT2D eigenvalue weighted by atomic mass is 16.2. The molecule has 1 saturated carbocycles. The van der Waals surface area contributed by atoms with Gasteiger partial charge in [0.2, 0.25) is 5.91 Å². The van der Waals surface area contributed by atoms with E-state index >= 15 is 0 Å². The van der Waals surface area contributed by atoms with Crippen molar-refractivity contribution in [1.82, 2.24) is 14.7 Å². The Kier molecular flexibility index (Phi) is 7.01. The number of nitrogens with zero attached hydrogens (tertiary/aromatic N) is 3. The molecule has 4 heteroatoms. The van der Waals surface area contributed by atoms with E-state index in [2.05, 4.69) is 37.5 Å². The van der Waals surface area contributed by atoms with Crippen LogP contribution in [0.2, 0.25) is 0 Å². The number of piperidine rings is 1. The fourth-order valence-corrected chi connectivity index (χ4v) is 5.42. The van der Waals surface area contributed by atoms with E-state index in [0.29, 0.717) is 24.5 Å². The van der Waals surface area contributed by atoms with Crippen molar-refractivity contribution >= 4 is 5.91 Å². The van der Waals surface area contributed by atoms with Crippen molar-refractivity contribution in [3.8, 4) is 0 Å². The van der Waals surface area contributed by atoms with Crippen molar-refractivity contribution in [2.75, 3.05) is 39.3 Å². The van der Waals surface area contributed by atoms with Crippen LogP contribution in [0, 0.1) is 17.8 Å². The highest BCUT2D eigenvalue weighted by Gasteiger charge is 2.33. The van der Waals surface area contributed by atoms with E-state index < -0.39 is 0 Å². The minimum atomic E-state index is 0.335. The third kappa shape index (κ3) is 5.01. The van der Waals surface area contributed by atoms with Crippen LogP contribution in [0.4, 0.5) is 0 Å². The van der Waals surface area contributed by atoms with Crippen LogP contribution in [0.15, 0.2) is 0 Å². The lowest BCUT2D eigenvalue weighted by Gasteiger charge is -2.43. The van der Waals surface area contributed by atoms with Crippen LogP contribution in [0.5, 0.6) is 0 Å². The van der Waals surface area contributed by atoms with E-state index in [9.17, 15) is 4.79 Å². The molecule has 3 rings (SSSR count). The molecule has 0 unspecified atom stereocenters. The Balaban J connectivity index is 1.38. The first-order valence-electron chi connectivity index (χ1n) is 11.2. The number of amides is 1. The topological polar surface area (TPSA) is 26.8 Å². The molecule has 0 radical (unpaired) electrons. The molecule has 1 amide bonds. The number of likely N-dealkylation sites (tertiary alicyclic amines) is 1. The zero-order valence-electron chi connectivity index (χ0n) is 17.6. The van der Waals surface area contributed by atoms with E-state index in [1.807, 2.05) is 4.90 Å². The Morgan fingerprint density at radius 3 is 2.08 bits per heavy atom. The summed E-state index contributed by atoms with van der Waals surface area (Å²) in [5.74, 6) is 3.02. The highest BCUT2D eigenvalue weighted by molar-refractivity contribution is 5.79. The van der Waals surface area contributed by atoms with Gasteiger partial charge in [0, 0.05) is 31.7 Å². The molecular weight excluding hydrogens is 322 g/mol. The van der Waals surface area contributed by atoms with Gasteiger partial charge in [0.25, 0.3) is 0 Å². The van der Waals surface area contributed by atoms with Crippen LogP contribution in [0.3, 0.4) is 0 Å². The Hall–Kier alpha value is -0.610. The lowest BCUT2D eigenvalue weighted by Crippen LogP contribution is -2.56. The van der Waals surface area contributed by atoms with E-state index in [4.69, 9.17) is 0 Å². The average molecular weight is 364 g/mol. The maximum Gasteiger partial charge on any atom is 0.237 e. The zero-order valence-corrected chi connectivity index (χ0v) is 17.6. The van der Waals surface area contributed by atoms with Crippen LogP contribution < -0.4 is 0 Å². The van der Waals surface area contributed by atoms with Gasteiger partial charge in [0.05, 0.1) is 6.54 Å². The molecule has 0 bridgehead atoms. The molecule has 4 nitrogen and oxygen atoms in total. The third-order valence-electron chi connectivity index (χ3n) is 7.33. The molecule has 0 atom stereocenters. The lowest BCUT2D eigenvalue weighted by molar-refractivity contribution is -0.139. The molecule has 3 aliphatic rings. The first-order valence-corrected chi connectivity index (χ1v) is 11.2. The number of piperazine rings is 1. The molecule has 0 N–H and O–H groups in total. The highest BCUT2D eigenvalue weighted by Crippen LogP contribution is 2.31. The van der Waals surface area contributed by atoms with E-state index in [1.165, 1.54) is 58.2 Å². The fraction of sp³-hybridized carbons (Fsp3) is 0.955. The Labute approximate surface area is 161 Å². The van der Waals surface area contributed by atoms with Crippen molar-refractivity contribution in [3.05, 3.63) is 0 Å². The van der Waals surface area contributed by atoms with Crippen molar-refractivity contribution in [2.45, 2.75) is 78.3 Å². The predicted molar refractivity (Wildman–Crippen MR) is 108 cm³/mol. The van der Waals surface area contributed by atoms with Gasteiger partial charge in [0.15, 0.2) is 0 Å². The summed E-state index contributed by atoms with van der Waals surface area (Å²) in [5, 5.41) is 0. The number of hydrogen-bond acceptors (Lipinski definition) is 3. The van der Waals surface area contributed by atoms with Crippen molar-refractivity contribution in [3.63, 3.8) is 0 Å². The molecule has 0 aromatic rings. The maximum atomic E-state index is 12.4. The average Bonchev–Trinajstić information content (AvgIpc) is 2.62. The number of hydrogen-bond donors (Lipinski definition) is 0. The second-order valence-corrected chi connectivity index (χ2v) is 9.71. The third-order valence-corrected chi connectivity index (χ3v) is 7.33. The molecular formula is C22H41N3O. The van der Waals surface area contributed by atoms with Gasteiger partial charge in [-0.2, -0.15) is 0 Å². The Morgan fingerprint density at radius 2 is 1.54 bits per heavy atom. The number of carbonyl (C=O) groups excluding carboxylic acids is 1. The summed E-state index contributed by atoms with van der Waals surface area (Å²) in [4.78, 5) is 19.6. The van der Waals surface area contributed by atoms with Gasteiger partial charge in [-0.15, -0.1) is 0 Å². The second kappa shape index (κ2) is 9.05. The first kappa shape index (κ1) is 20.1. The van der Waals surface area contributed by atoms with Crippen LogP contribution in [-0.2, 0) is 4.79 Å². The summed E-state index contributed by atoms with van der Waals surface area (Å²) in [6, 6.07) is 0.997. The van der Waals surface area contributed by atoms with Gasteiger partial charge in [0.1, 0.15) is 0 Å². The van der Waals surface area contributed by atoms with Gasteiger partial charge in [-0.05, 0) is 83.2 Å². The SMILES string of the molecule is CC(C)C1CCN(CC2CCC(N3CCN(C(C)C)C(=O)C3)CC2)CC1. The van der Waals surface area contributed by atoms with Crippen molar-refractivity contribution in [2.24, 2.45) is 17.8 Å². The summed E-state index contributed by atoms with van der Waals surface area (Å²) in [7, 11) is 0. The summed E-state index contributed by atoms with van der Waals surface area (Å²) in [6.45, 7) is 15.6. The molecule has 1 aliphatic carbocycles. The van der Waals surface area contributed by atoms with Crippen LogP contribution in [0.1, 0.15) is 66.2 Å². The second-order valence-electron chi connectivity index (χ2n) is 9.71. The Bertz CT molecular complexity index is 448. The molecule has 2 saturated heterocycles. The quantitative estimate of drug-likeness (QED) is 0.748. The smallest absolute Gasteiger partial charge is 0.237 e.